The number of ether oxygens (including phenoxy) is 1. The molecule has 6 nitrogen and oxygen atoms in total. The van der Waals surface area contributed by atoms with Crippen LogP contribution in [0.15, 0.2) is 60.7 Å². The van der Waals surface area contributed by atoms with Crippen molar-refractivity contribution >= 4 is 34.3 Å². The van der Waals surface area contributed by atoms with Crippen LogP contribution < -0.4 is 15.8 Å². The number of amides is 2. The van der Waals surface area contributed by atoms with E-state index < -0.39 is 12.0 Å². The third-order valence-electron chi connectivity index (χ3n) is 7.58. The van der Waals surface area contributed by atoms with Gasteiger partial charge in [0, 0.05) is 33.7 Å². The minimum Gasteiger partial charge on any atom is -0.481 e. The Labute approximate surface area is 241 Å². The summed E-state index contributed by atoms with van der Waals surface area (Å²) in [5, 5.41) is 4.75. The van der Waals surface area contributed by atoms with E-state index in [1.165, 1.54) is 5.56 Å². The zero-order valence-corrected chi connectivity index (χ0v) is 25.0. The van der Waals surface area contributed by atoms with Crippen molar-refractivity contribution in [3.05, 3.63) is 99.2 Å². The molecule has 0 saturated heterocycles. The third-order valence-corrected chi connectivity index (χ3v) is 7.95. The molecule has 0 aliphatic heterocycles. The van der Waals surface area contributed by atoms with E-state index in [0.717, 1.165) is 33.3 Å². The van der Waals surface area contributed by atoms with Crippen LogP contribution in [0.2, 0.25) is 5.02 Å². The Kier molecular flexibility index (Phi) is 8.31. The van der Waals surface area contributed by atoms with Crippen LogP contribution in [0.4, 0.5) is 0 Å². The summed E-state index contributed by atoms with van der Waals surface area (Å²) in [6, 6.07) is 19.4. The summed E-state index contributed by atoms with van der Waals surface area (Å²) in [5.41, 5.74) is 12.4. The summed E-state index contributed by atoms with van der Waals surface area (Å²) in [6.07, 6.45) is -0.749. The highest BCUT2D eigenvalue weighted by Crippen LogP contribution is 2.31. The smallest absolute Gasteiger partial charge is 0.258 e. The summed E-state index contributed by atoms with van der Waals surface area (Å²) in [4.78, 5) is 24.7. The predicted molar refractivity (Wildman–Crippen MR) is 162 cm³/mol. The Morgan fingerprint density at radius 3 is 2.30 bits per heavy atom. The Bertz CT molecular complexity index is 1560. The third kappa shape index (κ3) is 6.18. The van der Waals surface area contributed by atoms with E-state index in [9.17, 15) is 9.59 Å². The highest BCUT2D eigenvalue weighted by molar-refractivity contribution is 6.31. The van der Waals surface area contributed by atoms with Crippen LogP contribution in [0.5, 0.6) is 5.75 Å². The highest BCUT2D eigenvalue weighted by Gasteiger charge is 2.19. The molecular weight excluding hydrogens is 522 g/mol. The maximum absolute atomic E-state index is 13.2. The molecule has 3 aromatic carbocycles. The van der Waals surface area contributed by atoms with E-state index in [0.29, 0.717) is 22.9 Å². The molecule has 0 saturated carbocycles. The molecule has 0 aliphatic carbocycles. The number of hydrogen-bond donors (Lipinski definition) is 2. The van der Waals surface area contributed by atoms with E-state index in [2.05, 4.69) is 68.8 Å². The number of primary amides is 1. The Hall–Kier alpha value is -3.77. The molecule has 1 aromatic heterocycles. The topological polar surface area (TPSA) is 86.3 Å². The monoisotopic (exact) mass is 559 g/mol. The second kappa shape index (κ2) is 11.4. The first-order valence-electron chi connectivity index (χ1n) is 13.5. The van der Waals surface area contributed by atoms with Crippen molar-refractivity contribution in [2.75, 3.05) is 0 Å². The number of nitrogens with one attached hydrogen (secondary N) is 1. The molecule has 210 valence electrons. The largest absolute Gasteiger partial charge is 0.481 e. The van der Waals surface area contributed by atoms with Crippen molar-refractivity contribution < 1.29 is 14.3 Å². The molecular formula is C33H38ClN3O3. The number of carbonyl (C=O) groups is 2. The molecule has 0 radical (unpaired) electrons. The maximum atomic E-state index is 13.2. The van der Waals surface area contributed by atoms with Gasteiger partial charge in [-0.2, -0.15) is 0 Å². The molecule has 40 heavy (non-hydrogen) atoms. The summed E-state index contributed by atoms with van der Waals surface area (Å²) < 4.78 is 7.85. The molecule has 1 unspecified atom stereocenters. The van der Waals surface area contributed by atoms with Crippen molar-refractivity contribution in [3.63, 3.8) is 0 Å². The van der Waals surface area contributed by atoms with E-state index in [4.69, 9.17) is 22.1 Å². The Morgan fingerprint density at radius 1 is 1.00 bits per heavy atom. The van der Waals surface area contributed by atoms with Crippen LogP contribution in [-0.2, 0) is 16.8 Å². The van der Waals surface area contributed by atoms with Crippen molar-refractivity contribution in [3.8, 4) is 5.75 Å². The van der Waals surface area contributed by atoms with Crippen molar-refractivity contribution in [1.29, 1.82) is 0 Å². The SMILES string of the molecule is Cc1c(C)n(Cc2cc(OC(C)C(N)=O)ccc2Cl)c2ccc(C(=O)N[C@@H](C)c3ccc(C(C)(C)C)cc3)cc12. The first-order valence-corrected chi connectivity index (χ1v) is 13.9. The van der Waals surface area contributed by atoms with Gasteiger partial charge in [0.15, 0.2) is 6.10 Å². The van der Waals surface area contributed by atoms with Crippen LogP contribution in [-0.4, -0.2) is 22.5 Å². The Morgan fingerprint density at radius 2 is 1.68 bits per heavy atom. The van der Waals surface area contributed by atoms with E-state index in [-0.39, 0.29) is 17.4 Å². The minimum atomic E-state index is -0.749. The van der Waals surface area contributed by atoms with Gasteiger partial charge in [-0.25, -0.2) is 0 Å². The number of fused-ring (bicyclic) bond motifs is 1. The zero-order valence-electron chi connectivity index (χ0n) is 24.3. The zero-order chi connectivity index (χ0) is 29.4. The summed E-state index contributed by atoms with van der Waals surface area (Å²) >= 11 is 6.54. The summed E-state index contributed by atoms with van der Waals surface area (Å²) in [7, 11) is 0. The van der Waals surface area contributed by atoms with Gasteiger partial charge < -0.3 is 20.4 Å². The second-order valence-corrected chi connectivity index (χ2v) is 11.9. The lowest BCUT2D eigenvalue weighted by molar-refractivity contribution is -0.123. The van der Waals surface area contributed by atoms with E-state index in [1.54, 1.807) is 19.1 Å². The number of rotatable bonds is 8. The van der Waals surface area contributed by atoms with Gasteiger partial charge in [-0.05, 0) is 91.8 Å². The molecule has 0 aliphatic rings. The fourth-order valence-corrected chi connectivity index (χ4v) is 4.99. The van der Waals surface area contributed by atoms with Crippen LogP contribution in [0.25, 0.3) is 10.9 Å². The lowest BCUT2D eigenvalue weighted by Crippen LogP contribution is -2.30. The number of nitrogens with two attached hydrogens (primary N) is 1. The number of hydrogen-bond acceptors (Lipinski definition) is 3. The average Bonchev–Trinajstić information content (AvgIpc) is 3.14. The first-order chi connectivity index (χ1) is 18.8. The average molecular weight is 560 g/mol. The van der Waals surface area contributed by atoms with Crippen molar-refractivity contribution in [2.24, 2.45) is 5.73 Å². The highest BCUT2D eigenvalue weighted by atomic mass is 35.5. The van der Waals surface area contributed by atoms with Crippen LogP contribution in [0, 0.1) is 13.8 Å². The second-order valence-electron chi connectivity index (χ2n) is 11.5. The molecule has 0 fully saturated rings. The molecule has 4 aromatic rings. The van der Waals surface area contributed by atoms with Gasteiger partial charge in [0.1, 0.15) is 5.75 Å². The number of halogens is 1. The van der Waals surface area contributed by atoms with Gasteiger partial charge in [0.25, 0.3) is 11.8 Å². The number of aromatic nitrogens is 1. The lowest BCUT2D eigenvalue weighted by Gasteiger charge is -2.21. The molecule has 3 N–H and O–H groups in total. The van der Waals surface area contributed by atoms with Crippen LogP contribution in [0.3, 0.4) is 0 Å². The van der Waals surface area contributed by atoms with Crippen LogP contribution in [0.1, 0.15) is 79.0 Å². The number of aryl methyl sites for hydroxylation is 1. The van der Waals surface area contributed by atoms with E-state index in [1.807, 2.05) is 31.2 Å². The van der Waals surface area contributed by atoms with Crippen molar-refractivity contribution in [2.45, 2.75) is 72.6 Å². The quantitative estimate of drug-likeness (QED) is 0.244. The predicted octanol–water partition coefficient (Wildman–Crippen LogP) is 7.00. The number of benzene rings is 3. The standard InChI is InChI=1S/C33H38ClN3O3/c1-19-21(3)37(18-25-16-27(13-14-29(25)34)40-22(4)31(35)38)30-15-10-24(17-28(19)30)32(39)36-20(2)23-8-11-26(12-9-23)33(5,6)7/h8-17,20,22H,18H2,1-7H3,(H2,35,38)(H,36,39)/t20-,22?/m0/s1. The fraction of sp³-hybridized carbons (Fsp3) is 0.333. The summed E-state index contributed by atoms with van der Waals surface area (Å²) in [6.45, 7) is 14.8. The van der Waals surface area contributed by atoms with Crippen molar-refractivity contribution in [1.82, 2.24) is 9.88 Å². The fourth-order valence-electron chi connectivity index (χ4n) is 4.81. The van der Waals surface area contributed by atoms with Crippen LogP contribution >= 0.6 is 11.6 Å². The molecule has 0 spiro atoms. The lowest BCUT2D eigenvalue weighted by atomic mass is 9.86. The molecule has 0 bridgehead atoms. The van der Waals surface area contributed by atoms with Gasteiger partial charge in [-0.15, -0.1) is 0 Å². The van der Waals surface area contributed by atoms with Gasteiger partial charge in [0.05, 0.1) is 6.04 Å². The minimum absolute atomic E-state index is 0.0816. The van der Waals surface area contributed by atoms with Gasteiger partial charge in [-0.1, -0.05) is 56.6 Å². The van der Waals surface area contributed by atoms with Gasteiger partial charge in [-0.3, -0.25) is 9.59 Å². The molecule has 1 heterocycles. The molecule has 2 atom stereocenters. The number of carbonyl (C=O) groups excluding carboxylic acids is 2. The van der Waals surface area contributed by atoms with Gasteiger partial charge in [0.2, 0.25) is 0 Å². The maximum Gasteiger partial charge on any atom is 0.258 e. The number of nitrogens with zero attached hydrogens (tertiary/aromatic N) is 1. The summed E-state index contributed by atoms with van der Waals surface area (Å²) in [5.74, 6) is -0.125. The molecule has 2 amide bonds. The first kappa shape index (κ1) is 29.2. The molecule has 7 heteroatoms. The van der Waals surface area contributed by atoms with Gasteiger partial charge >= 0.3 is 0 Å². The Balaban J connectivity index is 1.57. The van der Waals surface area contributed by atoms with E-state index >= 15 is 0 Å². The normalized spacial score (nSPS) is 13.2. The molecule has 4 rings (SSSR count).